The minimum absolute atomic E-state index is 0.256. The number of ether oxygens (including phenoxy) is 1. The Hall–Kier alpha value is -3.04. The van der Waals surface area contributed by atoms with Crippen molar-refractivity contribution in [1.82, 2.24) is 9.97 Å². The van der Waals surface area contributed by atoms with Gasteiger partial charge in [-0.3, -0.25) is 9.78 Å². The molecule has 0 aliphatic carbocycles. The van der Waals surface area contributed by atoms with Gasteiger partial charge >= 0.3 is 0 Å². The molecule has 3 rings (SSSR count). The molecule has 0 saturated carbocycles. The predicted octanol–water partition coefficient (Wildman–Crippen LogP) is 3.92. The van der Waals surface area contributed by atoms with Crippen molar-refractivity contribution in [1.29, 1.82) is 5.26 Å². The van der Waals surface area contributed by atoms with Gasteiger partial charge < -0.3 is 4.74 Å². The van der Waals surface area contributed by atoms with E-state index >= 15 is 0 Å². The summed E-state index contributed by atoms with van der Waals surface area (Å²) in [6, 6.07) is 14.5. The van der Waals surface area contributed by atoms with Crippen LogP contribution >= 0.6 is 11.3 Å². The first kappa shape index (κ1) is 16.8. The molecule has 124 valence electrons. The summed E-state index contributed by atoms with van der Waals surface area (Å²) in [4.78, 5) is 21.0. The molecule has 0 aliphatic heterocycles. The largest absolute Gasteiger partial charge is 0.487 e. The zero-order valence-electron chi connectivity index (χ0n) is 13.5. The summed E-state index contributed by atoms with van der Waals surface area (Å²) in [6.07, 6.45) is 1.71. The number of nitriles is 1. The standard InChI is InChI=1S/C19H15N3O2S/c1-13-12-25-19(22-13)17(10-20)18(23)14-5-7-16(8-6-14)24-11-15-4-2-3-9-21-15/h2-9,12,17H,11H2,1H3/t17-/m1/s1. The molecule has 0 spiro atoms. The van der Waals surface area contributed by atoms with E-state index in [2.05, 4.69) is 16.0 Å². The highest BCUT2D eigenvalue weighted by molar-refractivity contribution is 7.10. The average molecular weight is 349 g/mol. The lowest BCUT2D eigenvalue weighted by Gasteiger charge is -2.08. The number of ketones is 1. The van der Waals surface area contributed by atoms with E-state index in [9.17, 15) is 10.1 Å². The van der Waals surface area contributed by atoms with Crippen molar-refractivity contribution in [2.24, 2.45) is 0 Å². The van der Waals surface area contributed by atoms with Gasteiger partial charge in [0.15, 0.2) is 11.7 Å². The third-order valence-corrected chi connectivity index (χ3v) is 4.55. The molecule has 0 bridgehead atoms. The Morgan fingerprint density at radius 2 is 2.08 bits per heavy atom. The Bertz CT molecular complexity index is 898. The Balaban J connectivity index is 1.69. The predicted molar refractivity (Wildman–Crippen MR) is 94.5 cm³/mol. The van der Waals surface area contributed by atoms with Crippen molar-refractivity contribution in [2.45, 2.75) is 19.4 Å². The van der Waals surface area contributed by atoms with Crippen molar-refractivity contribution in [3.05, 3.63) is 76.0 Å². The van der Waals surface area contributed by atoms with E-state index in [0.717, 1.165) is 11.4 Å². The summed E-state index contributed by atoms with van der Waals surface area (Å²) in [5.41, 5.74) is 2.10. The van der Waals surface area contributed by atoms with E-state index in [1.165, 1.54) is 11.3 Å². The first-order valence-electron chi connectivity index (χ1n) is 7.66. The third-order valence-electron chi connectivity index (χ3n) is 3.53. The summed E-state index contributed by atoms with van der Waals surface area (Å²) in [5, 5.41) is 11.7. The molecule has 0 radical (unpaired) electrons. The minimum Gasteiger partial charge on any atom is -0.487 e. The maximum Gasteiger partial charge on any atom is 0.186 e. The van der Waals surface area contributed by atoms with Gasteiger partial charge in [0.05, 0.1) is 11.8 Å². The maximum atomic E-state index is 12.6. The average Bonchev–Trinajstić information content (AvgIpc) is 3.08. The van der Waals surface area contributed by atoms with Crippen molar-refractivity contribution < 1.29 is 9.53 Å². The monoisotopic (exact) mass is 349 g/mol. The van der Waals surface area contributed by atoms with Crippen LogP contribution in [0.15, 0.2) is 54.0 Å². The van der Waals surface area contributed by atoms with E-state index < -0.39 is 5.92 Å². The number of rotatable bonds is 6. The fraction of sp³-hybridized carbons (Fsp3) is 0.158. The second-order valence-electron chi connectivity index (χ2n) is 5.39. The fourth-order valence-corrected chi connectivity index (χ4v) is 3.09. The highest BCUT2D eigenvalue weighted by atomic mass is 32.1. The van der Waals surface area contributed by atoms with Crippen LogP contribution in [0.1, 0.15) is 32.7 Å². The van der Waals surface area contributed by atoms with Crippen molar-refractivity contribution in [2.75, 3.05) is 0 Å². The fourth-order valence-electron chi connectivity index (χ4n) is 2.25. The van der Waals surface area contributed by atoms with E-state index in [1.54, 1.807) is 30.5 Å². The smallest absolute Gasteiger partial charge is 0.186 e. The first-order chi connectivity index (χ1) is 12.2. The van der Waals surface area contributed by atoms with Gasteiger partial charge in [0.1, 0.15) is 17.4 Å². The molecule has 2 aromatic heterocycles. The molecule has 2 heterocycles. The topological polar surface area (TPSA) is 75.9 Å². The molecule has 3 aromatic rings. The van der Waals surface area contributed by atoms with E-state index in [4.69, 9.17) is 4.74 Å². The molecule has 5 nitrogen and oxygen atoms in total. The summed E-state index contributed by atoms with van der Waals surface area (Å²) < 4.78 is 5.65. The van der Waals surface area contributed by atoms with Gasteiger partial charge in [-0.05, 0) is 43.3 Å². The van der Waals surface area contributed by atoms with Gasteiger partial charge in [0.2, 0.25) is 0 Å². The number of benzene rings is 1. The van der Waals surface area contributed by atoms with Crippen LogP contribution in [0.3, 0.4) is 0 Å². The summed E-state index contributed by atoms with van der Waals surface area (Å²) >= 11 is 1.33. The molecule has 1 aromatic carbocycles. The van der Waals surface area contributed by atoms with E-state index in [-0.39, 0.29) is 5.78 Å². The van der Waals surface area contributed by atoms with Crippen LogP contribution in [0.5, 0.6) is 5.75 Å². The molecule has 0 fully saturated rings. The van der Waals surface area contributed by atoms with Gasteiger partial charge in [0, 0.05) is 22.8 Å². The van der Waals surface area contributed by atoms with Crippen LogP contribution in [0.4, 0.5) is 0 Å². The number of pyridine rings is 1. The van der Waals surface area contributed by atoms with E-state index in [0.29, 0.717) is 22.9 Å². The molecule has 0 aliphatic rings. The maximum absolute atomic E-state index is 12.6. The lowest BCUT2D eigenvalue weighted by molar-refractivity contribution is 0.0978. The van der Waals surface area contributed by atoms with Crippen molar-refractivity contribution in [3.63, 3.8) is 0 Å². The Labute approximate surface area is 149 Å². The highest BCUT2D eigenvalue weighted by Crippen LogP contribution is 2.25. The van der Waals surface area contributed by atoms with Crippen LogP contribution in [0.25, 0.3) is 0 Å². The zero-order chi connectivity index (χ0) is 17.6. The van der Waals surface area contributed by atoms with E-state index in [1.807, 2.05) is 30.5 Å². The molecule has 6 heteroatoms. The van der Waals surface area contributed by atoms with Crippen LogP contribution in [-0.2, 0) is 6.61 Å². The van der Waals surface area contributed by atoms with Crippen molar-refractivity contribution >= 4 is 17.1 Å². The van der Waals surface area contributed by atoms with Gasteiger partial charge in [-0.2, -0.15) is 5.26 Å². The second kappa shape index (κ2) is 7.69. The number of carbonyl (C=O) groups excluding carboxylic acids is 1. The van der Waals surface area contributed by atoms with Gasteiger partial charge in [-0.1, -0.05) is 6.07 Å². The molecule has 0 N–H and O–H groups in total. The number of hydrogen-bond acceptors (Lipinski definition) is 6. The number of nitrogens with zero attached hydrogens (tertiary/aromatic N) is 3. The molecule has 0 unspecified atom stereocenters. The number of aryl methyl sites for hydroxylation is 1. The molecular weight excluding hydrogens is 334 g/mol. The highest BCUT2D eigenvalue weighted by Gasteiger charge is 2.24. The van der Waals surface area contributed by atoms with Gasteiger partial charge in [-0.25, -0.2) is 4.98 Å². The molecule has 1 atom stereocenters. The number of hydrogen-bond donors (Lipinski definition) is 0. The number of thiazole rings is 1. The Morgan fingerprint density at radius 3 is 2.68 bits per heavy atom. The lowest BCUT2D eigenvalue weighted by Crippen LogP contribution is -2.11. The summed E-state index contributed by atoms with van der Waals surface area (Å²) in [5.74, 6) is -0.493. The first-order valence-corrected chi connectivity index (χ1v) is 8.54. The van der Waals surface area contributed by atoms with Crippen molar-refractivity contribution in [3.8, 4) is 11.8 Å². The van der Waals surface area contributed by atoms with Gasteiger partial charge in [0.25, 0.3) is 0 Å². The van der Waals surface area contributed by atoms with Gasteiger partial charge in [-0.15, -0.1) is 11.3 Å². The Kier molecular flexibility index (Phi) is 5.17. The quantitative estimate of drug-likeness (QED) is 0.631. The molecule has 0 saturated heterocycles. The molecule has 0 amide bonds. The van der Waals surface area contributed by atoms with Crippen LogP contribution < -0.4 is 4.74 Å². The van der Waals surface area contributed by atoms with Crippen LogP contribution in [-0.4, -0.2) is 15.8 Å². The molecule has 25 heavy (non-hydrogen) atoms. The normalized spacial score (nSPS) is 11.5. The van der Waals surface area contributed by atoms with Crippen LogP contribution in [0, 0.1) is 18.3 Å². The Morgan fingerprint density at radius 1 is 1.28 bits per heavy atom. The summed E-state index contributed by atoms with van der Waals surface area (Å²) in [6.45, 7) is 2.19. The minimum atomic E-state index is -0.876. The SMILES string of the molecule is Cc1csc([C@H](C#N)C(=O)c2ccc(OCc3ccccn3)cc2)n1. The number of carbonyl (C=O) groups is 1. The lowest BCUT2D eigenvalue weighted by atomic mass is 9.99. The number of aromatic nitrogens is 2. The third kappa shape index (κ3) is 4.08. The second-order valence-corrected chi connectivity index (χ2v) is 6.28. The summed E-state index contributed by atoms with van der Waals surface area (Å²) in [7, 11) is 0. The van der Waals surface area contributed by atoms with Crippen LogP contribution in [0.2, 0.25) is 0 Å². The zero-order valence-corrected chi connectivity index (χ0v) is 14.4. The number of Topliss-reactive ketones (excluding diaryl/α,β-unsaturated/α-hetero) is 1. The molecular formula is C19H15N3O2S.